The molecule has 1 amide bonds. The maximum absolute atomic E-state index is 12.6. The number of pyridine rings is 1. The summed E-state index contributed by atoms with van der Waals surface area (Å²) in [7, 11) is 0. The standard InChI is InChI=1S/C28H36N4O4S/c1-17-22(19(3)33)14-21-13-20(15-32(21)25(17)18(2)30-9-11-35-12-10-30)26-29-23-7-8-31(16-24(23)37-26)27(34)36-28(4,5)6/h13-15,18H,7-12,16H2,1-6H3. The number of hydrogen-bond acceptors (Lipinski definition) is 7. The number of aromatic nitrogens is 2. The van der Waals surface area contributed by atoms with E-state index in [9.17, 15) is 9.59 Å². The van der Waals surface area contributed by atoms with Crippen molar-refractivity contribution in [2.75, 3.05) is 32.8 Å². The lowest BCUT2D eigenvalue weighted by molar-refractivity contribution is 0.0187. The van der Waals surface area contributed by atoms with Crippen molar-refractivity contribution in [1.29, 1.82) is 0 Å². The van der Waals surface area contributed by atoms with Crippen molar-refractivity contribution < 1.29 is 19.1 Å². The maximum atomic E-state index is 12.6. The number of carbonyl (C=O) groups excluding carboxylic acids is 2. The Labute approximate surface area is 222 Å². The highest BCUT2D eigenvalue weighted by molar-refractivity contribution is 7.15. The molecule has 5 heterocycles. The van der Waals surface area contributed by atoms with Gasteiger partial charge in [0.05, 0.1) is 25.5 Å². The van der Waals surface area contributed by atoms with Crippen LogP contribution in [0.3, 0.4) is 0 Å². The highest BCUT2D eigenvalue weighted by Gasteiger charge is 2.29. The van der Waals surface area contributed by atoms with E-state index >= 15 is 0 Å². The third kappa shape index (κ3) is 5.17. The molecule has 3 aromatic heterocycles. The maximum Gasteiger partial charge on any atom is 0.410 e. The van der Waals surface area contributed by atoms with Crippen molar-refractivity contribution in [1.82, 2.24) is 19.2 Å². The summed E-state index contributed by atoms with van der Waals surface area (Å²) in [6, 6.07) is 4.25. The molecule has 1 unspecified atom stereocenters. The summed E-state index contributed by atoms with van der Waals surface area (Å²) in [5.74, 6) is 0.0742. The van der Waals surface area contributed by atoms with Gasteiger partial charge >= 0.3 is 6.09 Å². The van der Waals surface area contributed by atoms with E-state index in [1.165, 1.54) is 0 Å². The number of fused-ring (bicyclic) bond motifs is 2. The Balaban J connectivity index is 1.50. The molecular weight excluding hydrogens is 488 g/mol. The predicted octanol–water partition coefficient (Wildman–Crippen LogP) is 5.26. The third-order valence-electron chi connectivity index (χ3n) is 7.19. The van der Waals surface area contributed by atoms with Gasteiger partial charge < -0.3 is 18.8 Å². The average Bonchev–Trinajstić information content (AvgIpc) is 3.46. The second kappa shape index (κ2) is 9.85. The first-order valence-electron chi connectivity index (χ1n) is 13.0. The van der Waals surface area contributed by atoms with Crippen molar-refractivity contribution in [2.24, 2.45) is 0 Å². The minimum Gasteiger partial charge on any atom is -0.444 e. The number of ether oxygens (including phenoxy) is 2. The quantitative estimate of drug-likeness (QED) is 0.434. The van der Waals surface area contributed by atoms with Crippen LogP contribution in [0.15, 0.2) is 18.3 Å². The summed E-state index contributed by atoms with van der Waals surface area (Å²) in [5.41, 5.74) is 5.47. The summed E-state index contributed by atoms with van der Waals surface area (Å²) >= 11 is 1.63. The van der Waals surface area contributed by atoms with Gasteiger partial charge in [0.15, 0.2) is 5.78 Å². The zero-order valence-corrected chi connectivity index (χ0v) is 23.4. The Kier molecular flexibility index (Phi) is 6.89. The first-order chi connectivity index (χ1) is 17.5. The van der Waals surface area contributed by atoms with Crippen LogP contribution in [0.4, 0.5) is 4.79 Å². The van der Waals surface area contributed by atoms with Gasteiger partial charge in [0, 0.05) is 65.5 Å². The zero-order valence-electron chi connectivity index (χ0n) is 22.6. The lowest BCUT2D eigenvalue weighted by Gasteiger charge is -2.34. The molecule has 0 aliphatic carbocycles. The van der Waals surface area contributed by atoms with Crippen LogP contribution in [0.1, 0.15) is 72.8 Å². The predicted molar refractivity (Wildman–Crippen MR) is 144 cm³/mol. The summed E-state index contributed by atoms with van der Waals surface area (Å²) in [6.07, 6.45) is 2.58. The minimum atomic E-state index is -0.518. The Hall–Kier alpha value is -2.75. The monoisotopic (exact) mass is 524 g/mol. The first-order valence-corrected chi connectivity index (χ1v) is 13.8. The Morgan fingerprint density at radius 1 is 1.16 bits per heavy atom. The van der Waals surface area contributed by atoms with Gasteiger partial charge in [-0.1, -0.05) is 0 Å². The molecule has 2 aliphatic heterocycles. The fraction of sp³-hybridized carbons (Fsp3) is 0.536. The molecule has 9 heteroatoms. The molecule has 5 rings (SSSR count). The number of morpholine rings is 1. The zero-order chi connectivity index (χ0) is 26.5. The smallest absolute Gasteiger partial charge is 0.410 e. The molecule has 0 bridgehead atoms. The number of thiazole rings is 1. The van der Waals surface area contributed by atoms with Gasteiger partial charge in [-0.05, 0) is 59.2 Å². The largest absolute Gasteiger partial charge is 0.444 e. The summed E-state index contributed by atoms with van der Waals surface area (Å²) < 4.78 is 13.4. The fourth-order valence-corrected chi connectivity index (χ4v) is 6.42. The Morgan fingerprint density at radius 2 is 1.89 bits per heavy atom. The third-order valence-corrected chi connectivity index (χ3v) is 8.32. The molecule has 8 nitrogen and oxygen atoms in total. The van der Waals surface area contributed by atoms with Crippen LogP contribution < -0.4 is 0 Å². The topological polar surface area (TPSA) is 76.4 Å². The summed E-state index contributed by atoms with van der Waals surface area (Å²) in [4.78, 5) is 35.4. The molecule has 2 aliphatic rings. The number of rotatable bonds is 4. The molecule has 1 saturated heterocycles. The number of nitrogens with zero attached hydrogens (tertiary/aromatic N) is 4. The van der Waals surface area contributed by atoms with Crippen LogP contribution in [0.25, 0.3) is 16.1 Å². The van der Waals surface area contributed by atoms with Gasteiger partial charge in [-0.25, -0.2) is 9.78 Å². The fourth-order valence-electron chi connectivity index (χ4n) is 5.31. The first kappa shape index (κ1) is 25.9. The second-order valence-electron chi connectivity index (χ2n) is 11.0. The molecule has 0 saturated carbocycles. The molecule has 0 aromatic carbocycles. The molecule has 37 heavy (non-hydrogen) atoms. The van der Waals surface area contributed by atoms with E-state index in [-0.39, 0.29) is 17.9 Å². The molecule has 1 atom stereocenters. The average molecular weight is 525 g/mol. The van der Waals surface area contributed by atoms with Crippen LogP contribution in [0, 0.1) is 6.92 Å². The molecule has 198 valence electrons. The molecule has 3 aromatic rings. The van der Waals surface area contributed by atoms with Crippen LogP contribution in [0.2, 0.25) is 0 Å². The molecule has 1 fully saturated rings. The van der Waals surface area contributed by atoms with E-state index in [2.05, 4.69) is 35.4 Å². The van der Waals surface area contributed by atoms with E-state index < -0.39 is 5.60 Å². The van der Waals surface area contributed by atoms with Crippen molar-refractivity contribution in [3.63, 3.8) is 0 Å². The van der Waals surface area contributed by atoms with E-state index in [4.69, 9.17) is 14.5 Å². The second-order valence-corrected chi connectivity index (χ2v) is 12.1. The van der Waals surface area contributed by atoms with Gasteiger partial charge in [0.25, 0.3) is 0 Å². The molecule has 0 spiro atoms. The van der Waals surface area contributed by atoms with E-state index in [0.29, 0.717) is 19.5 Å². The van der Waals surface area contributed by atoms with Gasteiger partial charge in [-0.3, -0.25) is 9.69 Å². The number of amides is 1. The van der Waals surface area contributed by atoms with Crippen molar-refractivity contribution in [3.05, 3.63) is 45.7 Å². The lowest BCUT2D eigenvalue weighted by atomic mass is 9.99. The van der Waals surface area contributed by atoms with E-state index in [1.807, 2.05) is 26.8 Å². The molecule has 0 radical (unpaired) electrons. The normalized spacial score (nSPS) is 17.6. The van der Waals surface area contributed by atoms with Crippen LogP contribution in [0.5, 0.6) is 0 Å². The summed E-state index contributed by atoms with van der Waals surface area (Å²) in [6.45, 7) is 15.9. The van der Waals surface area contributed by atoms with Crippen molar-refractivity contribution >= 4 is 28.7 Å². The highest BCUT2D eigenvalue weighted by Crippen LogP contribution is 2.36. The Morgan fingerprint density at radius 3 is 2.57 bits per heavy atom. The van der Waals surface area contributed by atoms with Crippen LogP contribution in [-0.2, 0) is 22.4 Å². The highest BCUT2D eigenvalue weighted by atomic mass is 32.1. The van der Waals surface area contributed by atoms with Gasteiger partial charge in [0.1, 0.15) is 10.6 Å². The van der Waals surface area contributed by atoms with Crippen LogP contribution in [-0.4, -0.2) is 69.5 Å². The van der Waals surface area contributed by atoms with Gasteiger partial charge in [0.2, 0.25) is 0 Å². The lowest BCUT2D eigenvalue weighted by Crippen LogP contribution is -2.39. The Bertz CT molecular complexity index is 1350. The van der Waals surface area contributed by atoms with Crippen LogP contribution >= 0.6 is 11.3 Å². The minimum absolute atomic E-state index is 0.0742. The molecule has 0 N–H and O–H groups in total. The number of hydrogen-bond donors (Lipinski definition) is 0. The van der Waals surface area contributed by atoms with Gasteiger partial charge in [-0.2, -0.15) is 0 Å². The number of carbonyl (C=O) groups is 2. The van der Waals surface area contributed by atoms with Crippen molar-refractivity contribution in [3.8, 4) is 10.6 Å². The molecular formula is C28H36N4O4S. The van der Waals surface area contributed by atoms with Gasteiger partial charge in [-0.15, -0.1) is 11.3 Å². The van der Waals surface area contributed by atoms with E-state index in [0.717, 1.165) is 69.8 Å². The number of Topliss-reactive ketones (excluding diaryl/α,β-unsaturated/α-hetero) is 1. The van der Waals surface area contributed by atoms with E-state index in [1.54, 1.807) is 23.2 Å². The summed E-state index contributed by atoms with van der Waals surface area (Å²) in [5, 5.41) is 0.937. The SMILES string of the molecule is CC(=O)c1cc2cc(-c3nc4c(s3)CN(C(=O)OC(C)(C)C)CC4)cn2c(C(C)N2CCOCC2)c1C. The number of ketones is 1. The van der Waals surface area contributed by atoms with Crippen molar-refractivity contribution in [2.45, 2.75) is 66.2 Å².